The number of aromatic amines is 1. The van der Waals surface area contributed by atoms with Gasteiger partial charge in [0.05, 0.1) is 0 Å². The van der Waals surface area contributed by atoms with Crippen LogP contribution in [0.4, 0.5) is 0 Å². The van der Waals surface area contributed by atoms with Gasteiger partial charge in [0.15, 0.2) is 17.5 Å². The zero-order valence-corrected chi connectivity index (χ0v) is 47.4. The van der Waals surface area contributed by atoms with Gasteiger partial charge in [-0.25, -0.2) is 15.0 Å². The van der Waals surface area contributed by atoms with E-state index in [1.165, 1.54) is 62.9 Å². The summed E-state index contributed by atoms with van der Waals surface area (Å²) in [5.41, 5.74) is 11.7. The second-order valence-corrected chi connectivity index (χ2v) is 23.7. The molecule has 1 N–H and O–H groups in total. The molecule has 81 heavy (non-hydrogen) atoms. The normalized spacial score (nSPS) is 11.3. The van der Waals surface area contributed by atoms with E-state index in [1.54, 1.807) is 0 Å². The topological polar surface area (TPSA) is 98.1 Å². The van der Waals surface area contributed by atoms with Gasteiger partial charge < -0.3 is 0 Å². The van der Waals surface area contributed by atoms with E-state index in [2.05, 4.69) is 144 Å². The minimum absolute atomic E-state index is 0.374. The van der Waals surface area contributed by atoms with Crippen LogP contribution >= 0.6 is 11.6 Å². The molecule has 0 aliphatic rings. The second kappa shape index (κ2) is 22.0. The first-order chi connectivity index (χ1) is 40.1. The van der Waals surface area contributed by atoms with E-state index in [4.69, 9.17) is 26.6 Å². The molecular weight excluding hydrogens is 1150 g/mol. The van der Waals surface area contributed by atoms with Crippen molar-refractivity contribution in [1.82, 2.24) is 39.5 Å². The quantitative estimate of drug-likeness (QED) is 0.160. The van der Waals surface area contributed by atoms with Crippen molar-refractivity contribution in [3.8, 4) is 74.0 Å². The molecule has 16 rings (SSSR count). The average molecular weight is 1190 g/mol. The van der Waals surface area contributed by atoms with Crippen molar-refractivity contribution < 1.29 is 0 Å². The van der Waals surface area contributed by atoms with Crippen molar-refractivity contribution in [3.63, 3.8) is 0 Å². The zero-order valence-electron chi connectivity index (χ0n) is 43.2. The van der Waals surface area contributed by atoms with Crippen LogP contribution in [0, 0.1) is 0 Å². The van der Waals surface area contributed by atoms with Gasteiger partial charge in [-0.3, -0.25) is 0 Å². The maximum absolute atomic E-state index is 6.14. The van der Waals surface area contributed by atoms with E-state index in [9.17, 15) is 0 Å². The molecule has 0 radical (unpaired) electrons. The van der Waals surface area contributed by atoms with Gasteiger partial charge in [-0.05, 0) is 12.1 Å². The van der Waals surface area contributed by atoms with Crippen LogP contribution < -0.4 is 0 Å². The van der Waals surface area contributed by atoms with Gasteiger partial charge in [0.1, 0.15) is 0 Å². The first-order valence-corrected chi connectivity index (χ1v) is 30.5. The number of hydrogen-bond donors (Lipinski definition) is 1. The molecule has 16 aromatic rings. The van der Waals surface area contributed by atoms with Crippen LogP contribution in [0.15, 0.2) is 265 Å². The number of nitrogens with one attached hydrogen (secondary N) is 1. The first kappa shape index (κ1) is 49.9. The number of hydrogen-bond acceptors (Lipinski definition) is 6. The van der Waals surface area contributed by atoms with Gasteiger partial charge >= 0.3 is 300 Å². The molecule has 10 aromatic carbocycles. The fourth-order valence-corrected chi connectivity index (χ4v) is 13.9. The third-order valence-corrected chi connectivity index (χ3v) is 18.2. The molecule has 0 saturated heterocycles. The Hall–Kier alpha value is -9.37. The van der Waals surface area contributed by atoms with Crippen LogP contribution in [-0.2, 0) is 0 Å². The Morgan fingerprint density at radius 2 is 0.753 bits per heavy atom. The molecule has 0 aliphatic heterocycles. The van der Waals surface area contributed by atoms with Gasteiger partial charge in [0.2, 0.25) is 0 Å². The monoisotopic (exact) mass is 1190 g/mol. The first-order valence-electron chi connectivity index (χ1n) is 26.4. The maximum atomic E-state index is 6.14. The van der Waals surface area contributed by atoms with E-state index < -0.39 is 0 Å². The molecule has 8 nitrogen and oxygen atoms in total. The summed E-state index contributed by atoms with van der Waals surface area (Å²) in [6, 6.07) is 87.0. The van der Waals surface area contributed by atoms with Crippen LogP contribution in [-0.4, -0.2) is 68.5 Å². The van der Waals surface area contributed by atoms with E-state index in [0.717, 1.165) is 39.1 Å². The summed E-state index contributed by atoms with van der Waals surface area (Å²) in [5.74, 6) is 3.88. The van der Waals surface area contributed by atoms with E-state index in [-0.39, 0.29) is 0 Å². The minimum atomic E-state index is 0.374. The molecule has 6 aromatic heterocycles. The second-order valence-electron chi connectivity index (χ2n) is 19.3. The van der Waals surface area contributed by atoms with E-state index in [1.807, 2.05) is 146 Å². The predicted molar refractivity (Wildman–Crippen MR) is 336 cm³/mol. The van der Waals surface area contributed by atoms with Crippen LogP contribution in [0.3, 0.4) is 0 Å². The number of para-hydroxylation sites is 2. The summed E-state index contributed by atoms with van der Waals surface area (Å²) in [4.78, 5) is 36.9. The number of rotatable bonds is 7. The fraction of sp³-hybridized carbons (Fsp3) is 0. The third-order valence-electron chi connectivity index (χ3n) is 14.2. The summed E-state index contributed by atoms with van der Waals surface area (Å²) in [6.07, 6.45) is 0. The Morgan fingerprint density at radius 1 is 0.321 bits per heavy atom. The number of nitrogens with zero attached hydrogens (tertiary/aromatic N) is 7. The van der Waals surface area contributed by atoms with Gasteiger partial charge in [-0.15, -0.1) is 0 Å². The molecule has 384 valence electrons. The van der Waals surface area contributed by atoms with Crippen LogP contribution in [0.25, 0.3) is 137 Å². The van der Waals surface area contributed by atoms with Crippen molar-refractivity contribution >= 4 is 104 Å². The van der Waals surface area contributed by atoms with Crippen molar-refractivity contribution in [2.75, 3.05) is 0 Å². The van der Waals surface area contributed by atoms with Crippen molar-refractivity contribution in [2.45, 2.75) is 0 Å². The van der Waals surface area contributed by atoms with Gasteiger partial charge in [0.25, 0.3) is 0 Å². The fourth-order valence-electron chi connectivity index (χ4n) is 10.4. The summed E-state index contributed by atoms with van der Waals surface area (Å²) in [6.45, 7) is 0. The van der Waals surface area contributed by atoms with Crippen molar-refractivity contribution in [1.29, 1.82) is 0 Å². The van der Waals surface area contributed by atoms with Crippen molar-refractivity contribution in [3.05, 3.63) is 270 Å². The number of aromatic nitrogens is 8. The molecule has 0 unspecified atom stereocenters. The van der Waals surface area contributed by atoms with Crippen LogP contribution in [0.1, 0.15) is 0 Å². The Morgan fingerprint density at radius 3 is 1.31 bits per heavy atom. The molecular formula is C70H45ClN8Se2. The molecule has 0 spiro atoms. The standard InChI is InChI=1S/C35H22N4Se.C21H14ClN3.C14H9NSe/c1-3-10-23(11-4-1)33-36-34(24-12-5-2-6-13-24)38-35(37-33)25-14-9-15-26(22-25)39-30-17-8-7-16-27(30)28-18-19-31-29(32(28)39)20-21-40-31;22-18-13-7-12-17(14-18)21-24-19(15-8-3-1-4-9-15)23-20(25-21)16-10-5-2-6-11-16;1-2-4-12-9(3-1)10-5-6-13-11(7-8-16-13)14(10)15-12/h1-22H;1-14H;1-8,15H. The Balaban J connectivity index is 0.000000121. The SMILES string of the molecule is Clc1cccc(-c2nc(-c3ccccc3)nc(-c3ccccc3)n2)c1.c1ccc(-c2nc(-c3ccccc3)nc(-c3cccc(-n4c5ccccc5c5ccc6[se]ccc6c54)c3)n2)cc1.c1ccc2c(c1)[nH]c1c3cc[se]c3ccc21. The van der Waals surface area contributed by atoms with Crippen molar-refractivity contribution in [2.24, 2.45) is 0 Å². The summed E-state index contributed by atoms with van der Waals surface area (Å²) >= 11 is 7.04. The van der Waals surface area contributed by atoms with Gasteiger partial charge in [0, 0.05) is 21.7 Å². The van der Waals surface area contributed by atoms with Gasteiger partial charge in [-0.2, -0.15) is 0 Å². The van der Waals surface area contributed by atoms with E-state index >= 15 is 0 Å². The summed E-state index contributed by atoms with van der Waals surface area (Å²) < 4.78 is 5.32. The Kier molecular flexibility index (Phi) is 13.6. The summed E-state index contributed by atoms with van der Waals surface area (Å²) in [7, 11) is 0. The predicted octanol–water partition coefficient (Wildman–Crippen LogP) is 17.2. The average Bonchev–Trinajstić information content (AvgIpc) is 4.53. The molecule has 0 amide bonds. The number of halogens is 1. The van der Waals surface area contributed by atoms with Crippen LogP contribution in [0.2, 0.25) is 5.02 Å². The number of benzene rings is 10. The van der Waals surface area contributed by atoms with E-state index in [0.29, 0.717) is 69.0 Å². The number of H-pyrrole nitrogens is 1. The number of fused-ring (bicyclic) bond motifs is 10. The van der Waals surface area contributed by atoms with Crippen LogP contribution in [0.5, 0.6) is 0 Å². The Labute approximate surface area is 483 Å². The molecule has 0 aliphatic carbocycles. The molecule has 0 fully saturated rings. The van der Waals surface area contributed by atoms with Gasteiger partial charge in [-0.1, -0.05) is 121 Å². The molecule has 0 saturated carbocycles. The molecule has 6 heterocycles. The molecule has 0 bridgehead atoms. The molecule has 11 heteroatoms. The third kappa shape index (κ3) is 9.97. The Bertz CT molecular complexity index is 4790. The molecule has 0 atom stereocenters. The summed E-state index contributed by atoms with van der Waals surface area (Å²) in [5, 5.41) is 8.59. The zero-order chi connectivity index (χ0) is 54.1.